The van der Waals surface area contributed by atoms with Gasteiger partial charge in [-0.1, -0.05) is 0 Å². The van der Waals surface area contributed by atoms with Crippen LogP contribution in [0.25, 0.3) is 10.9 Å². The summed E-state index contributed by atoms with van der Waals surface area (Å²) in [5, 5.41) is 5.08. The second-order valence-electron chi connectivity index (χ2n) is 7.93. The number of aromatic nitrogens is 4. The lowest BCUT2D eigenvalue weighted by Gasteiger charge is -2.38. The first-order valence-corrected chi connectivity index (χ1v) is 10.2. The second kappa shape index (κ2) is 7.27. The quantitative estimate of drug-likeness (QED) is 0.663. The number of rotatable bonds is 3. The zero-order valence-corrected chi connectivity index (χ0v) is 16.9. The Balaban J connectivity index is 1.26. The van der Waals surface area contributed by atoms with Gasteiger partial charge in [-0.15, -0.1) is 0 Å². The van der Waals surface area contributed by atoms with E-state index < -0.39 is 0 Å². The number of fused-ring (bicyclic) bond motifs is 2. The molecule has 1 atom stereocenters. The van der Waals surface area contributed by atoms with E-state index in [1.165, 1.54) is 15.8 Å². The third-order valence-electron chi connectivity index (χ3n) is 6.16. The van der Waals surface area contributed by atoms with Gasteiger partial charge in [0.1, 0.15) is 0 Å². The molecule has 29 heavy (non-hydrogen) atoms. The van der Waals surface area contributed by atoms with Crippen molar-refractivity contribution in [1.29, 1.82) is 0 Å². The van der Waals surface area contributed by atoms with Crippen molar-refractivity contribution in [3.63, 3.8) is 0 Å². The van der Waals surface area contributed by atoms with Gasteiger partial charge < -0.3 is 14.2 Å². The van der Waals surface area contributed by atoms with E-state index in [1.807, 2.05) is 36.1 Å². The van der Waals surface area contributed by atoms with Gasteiger partial charge in [0.15, 0.2) is 0 Å². The minimum atomic E-state index is -0.00591. The maximum atomic E-state index is 12.2. The number of nitrogens with zero attached hydrogens (tertiary/aromatic N) is 6. The molecule has 2 aliphatic rings. The molecule has 0 amide bonds. The van der Waals surface area contributed by atoms with E-state index in [4.69, 9.17) is 4.74 Å². The standard InChI is InChI=1S/C21H26N6O2/c1-24-14-22-18-11-15(3-4-16(18)21(24)28)27-8-6-26(7-9-27)13-20-17-12-23-25(2)19(17)5-10-29-20/h3-4,11-12,14,20H,5-10,13H2,1-2H3. The van der Waals surface area contributed by atoms with Crippen LogP contribution < -0.4 is 10.5 Å². The number of hydrogen-bond acceptors (Lipinski definition) is 6. The van der Waals surface area contributed by atoms with Crippen LogP contribution in [0.1, 0.15) is 17.4 Å². The lowest BCUT2D eigenvalue weighted by atomic mass is 10.0. The average Bonchev–Trinajstić information content (AvgIpc) is 3.13. The predicted molar refractivity (Wildman–Crippen MR) is 111 cm³/mol. The monoisotopic (exact) mass is 394 g/mol. The van der Waals surface area contributed by atoms with Crippen molar-refractivity contribution in [3.8, 4) is 0 Å². The summed E-state index contributed by atoms with van der Waals surface area (Å²) < 4.78 is 9.54. The topological polar surface area (TPSA) is 68.4 Å². The Labute approximate surface area is 169 Å². The van der Waals surface area contributed by atoms with Crippen molar-refractivity contribution in [2.24, 2.45) is 14.1 Å². The molecule has 0 N–H and O–H groups in total. The molecule has 5 rings (SSSR count). The van der Waals surface area contributed by atoms with Crippen LogP contribution in [-0.4, -0.2) is 63.6 Å². The van der Waals surface area contributed by atoms with Gasteiger partial charge in [0, 0.05) is 70.2 Å². The summed E-state index contributed by atoms with van der Waals surface area (Å²) in [5.41, 5.74) is 4.42. The van der Waals surface area contributed by atoms with E-state index >= 15 is 0 Å². The van der Waals surface area contributed by atoms with Gasteiger partial charge in [-0.05, 0) is 18.2 Å². The summed E-state index contributed by atoms with van der Waals surface area (Å²) in [5.74, 6) is 0. The minimum absolute atomic E-state index is 0.00591. The zero-order chi connectivity index (χ0) is 20.0. The van der Waals surface area contributed by atoms with Crippen LogP contribution in [0, 0.1) is 0 Å². The number of anilines is 1. The van der Waals surface area contributed by atoms with Gasteiger partial charge in [-0.3, -0.25) is 14.4 Å². The van der Waals surface area contributed by atoms with Crippen LogP contribution in [0.15, 0.2) is 35.5 Å². The third kappa shape index (κ3) is 3.32. The van der Waals surface area contributed by atoms with Crippen molar-refractivity contribution >= 4 is 16.6 Å². The van der Waals surface area contributed by atoms with Crippen molar-refractivity contribution in [1.82, 2.24) is 24.2 Å². The first-order valence-electron chi connectivity index (χ1n) is 10.2. The van der Waals surface area contributed by atoms with Crippen molar-refractivity contribution < 1.29 is 4.74 Å². The summed E-state index contributed by atoms with van der Waals surface area (Å²) in [6.07, 6.45) is 4.60. The van der Waals surface area contributed by atoms with Gasteiger partial charge in [0.05, 0.1) is 36.1 Å². The van der Waals surface area contributed by atoms with Crippen LogP contribution in [0.3, 0.4) is 0 Å². The predicted octanol–water partition coefficient (Wildman–Crippen LogP) is 1.10. The van der Waals surface area contributed by atoms with Crippen LogP contribution in [0.4, 0.5) is 5.69 Å². The van der Waals surface area contributed by atoms with Gasteiger partial charge >= 0.3 is 0 Å². The molecule has 2 aliphatic heterocycles. The smallest absolute Gasteiger partial charge is 0.260 e. The molecule has 2 aromatic heterocycles. The number of aryl methyl sites for hydroxylation is 2. The molecule has 0 saturated carbocycles. The third-order valence-corrected chi connectivity index (χ3v) is 6.16. The Kier molecular flexibility index (Phi) is 4.60. The largest absolute Gasteiger partial charge is 0.372 e. The molecule has 3 aromatic rings. The van der Waals surface area contributed by atoms with Crippen molar-refractivity contribution in [2.45, 2.75) is 12.5 Å². The van der Waals surface area contributed by atoms with E-state index in [9.17, 15) is 4.79 Å². The molecule has 152 valence electrons. The Morgan fingerprint density at radius 3 is 2.83 bits per heavy atom. The summed E-state index contributed by atoms with van der Waals surface area (Å²) in [4.78, 5) is 21.5. The molecule has 0 aliphatic carbocycles. The number of benzene rings is 1. The average molecular weight is 394 g/mol. The van der Waals surface area contributed by atoms with E-state index in [2.05, 4.69) is 19.9 Å². The highest BCUT2D eigenvalue weighted by Crippen LogP contribution is 2.28. The maximum absolute atomic E-state index is 12.2. The van der Waals surface area contributed by atoms with Gasteiger partial charge in [0.2, 0.25) is 0 Å². The first-order chi connectivity index (χ1) is 14.1. The molecule has 8 nitrogen and oxygen atoms in total. The van der Waals surface area contributed by atoms with Crippen molar-refractivity contribution in [2.75, 3.05) is 44.2 Å². The number of ether oxygens (including phenoxy) is 1. The second-order valence-corrected chi connectivity index (χ2v) is 7.93. The first kappa shape index (κ1) is 18.3. The molecule has 1 aromatic carbocycles. The van der Waals surface area contributed by atoms with Crippen LogP contribution in [-0.2, 0) is 25.3 Å². The molecule has 0 radical (unpaired) electrons. The molecule has 4 heterocycles. The van der Waals surface area contributed by atoms with E-state index in [0.717, 1.165) is 57.0 Å². The molecule has 1 unspecified atom stereocenters. The van der Waals surface area contributed by atoms with Crippen molar-refractivity contribution in [3.05, 3.63) is 52.3 Å². The summed E-state index contributed by atoms with van der Waals surface area (Å²) in [6, 6.07) is 5.96. The molecular formula is C21H26N6O2. The van der Waals surface area contributed by atoms with Crippen LogP contribution in [0.2, 0.25) is 0 Å². The summed E-state index contributed by atoms with van der Waals surface area (Å²) in [7, 11) is 3.74. The lowest BCUT2D eigenvalue weighted by molar-refractivity contribution is 0.0139. The Morgan fingerprint density at radius 1 is 1.17 bits per heavy atom. The molecule has 0 bridgehead atoms. The zero-order valence-electron chi connectivity index (χ0n) is 16.9. The molecule has 1 saturated heterocycles. The number of hydrogen-bond donors (Lipinski definition) is 0. The van der Waals surface area contributed by atoms with E-state index in [-0.39, 0.29) is 11.7 Å². The van der Waals surface area contributed by atoms with Gasteiger partial charge in [0.25, 0.3) is 5.56 Å². The highest BCUT2D eigenvalue weighted by atomic mass is 16.5. The van der Waals surface area contributed by atoms with Gasteiger partial charge in [-0.25, -0.2) is 4.98 Å². The molecule has 1 fully saturated rings. The number of piperazine rings is 1. The maximum Gasteiger partial charge on any atom is 0.260 e. The normalized spacial score (nSPS) is 20.2. The SMILES string of the molecule is Cn1ncc2c1CCOC2CN1CCN(c2ccc3c(=O)n(C)cnc3c2)CC1. The molecular weight excluding hydrogens is 368 g/mol. The van der Waals surface area contributed by atoms with Crippen LogP contribution in [0.5, 0.6) is 0 Å². The molecule has 8 heteroatoms. The van der Waals surface area contributed by atoms with Gasteiger partial charge in [-0.2, -0.15) is 5.10 Å². The fourth-order valence-electron chi connectivity index (χ4n) is 4.41. The van der Waals surface area contributed by atoms with E-state index in [1.54, 1.807) is 13.4 Å². The molecule has 0 spiro atoms. The van der Waals surface area contributed by atoms with E-state index in [0.29, 0.717) is 5.39 Å². The minimum Gasteiger partial charge on any atom is -0.372 e. The Bertz CT molecular complexity index is 1100. The fourth-order valence-corrected chi connectivity index (χ4v) is 4.41. The summed E-state index contributed by atoms with van der Waals surface area (Å²) in [6.45, 7) is 5.53. The fraction of sp³-hybridized carbons (Fsp3) is 0.476. The highest BCUT2D eigenvalue weighted by Gasteiger charge is 2.27. The Morgan fingerprint density at radius 2 is 2.00 bits per heavy atom. The Hall–Kier alpha value is -2.71. The van der Waals surface area contributed by atoms with Crippen LogP contribution >= 0.6 is 0 Å². The highest BCUT2D eigenvalue weighted by molar-refractivity contribution is 5.81. The lowest BCUT2D eigenvalue weighted by Crippen LogP contribution is -2.48. The summed E-state index contributed by atoms with van der Waals surface area (Å²) >= 11 is 0.